The molecule has 0 saturated heterocycles. The van der Waals surface area contributed by atoms with Crippen molar-refractivity contribution in [2.75, 3.05) is 6.54 Å². The number of carbonyl (C=O) groups excluding carboxylic acids is 1. The van der Waals surface area contributed by atoms with E-state index in [4.69, 9.17) is 5.11 Å². The normalized spacial score (nSPS) is 12.5. The van der Waals surface area contributed by atoms with Gasteiger partial charge in [0.05, 0.1) is 0 Å². The highest BCUT2D eigenvalue weighted by Crippen LogP contribution is 2.09. The number of amides is 2. The van der Waals surface area contributed by atoms with E-state index in [2.05, 4.69) is 24.5 Å². The third kappa shape index (κ3) is 12.2. The van der Waals surface area contributed by atoms with E-state index in [0.717, 1.165) is 18.8 Å². The molecule has 5 heteroatoms. The highest BCUT2D eigenvalue weighted by Gasteiger charge is 2.20. The van der Waals surface area contributed by atoms with Gasteiger partial charge in [-0.2, -0.15) is 0 Å². The smallest absolute Gasteiger partial charge is 0.326 e. The minimum absolute atomic E-state index is 0.229. The fourth-order valence-electron chi connectivity index (χ4n) is 2.14. The molecule has 5 nitrogen and oxygen atoms in total. The average molecular weight is 300 g/mol. The van der Waals surface area contributed by atoms with Gasteiger partial charge in [-0.1, -0.05) is 53.4 Å². The molecule has 0 bridgehead atoms. The molecule has 1 atom stereocenters. The summed E-state index contributed by atoms with van der Waals surface area (Å²) in [7, 11) is 0. The van der Waals surface area contributed by atoms with Crippen LogP contribution in [0.5, 0.6) is 0 Å². The van der Waals surface area contributed by atoms with Crippen molar-refractivity contribution in [2.24, 2.45) is 11.8 Å². The summed E-state index contributed by atoms with van der Waals surface area (Å²) >= 11 is 0. The predicted octanol–water partition coefficient (Wildman–Crippen LogP) is 3.39. The van der Waals surface area contributed by atoms with E-state index in [0.29, 0.717) is 13.0 Å². The molecule has 0 aromatic carbocycles. The molecule has 0 aromatic rings. The van der Waals surface area contributed by atoms with Crippen LogP contribution >= 0.6 is 0 Å². The second kappa shape index (κ2) is 11.4. The Balaban J connectivity index is 3.71. The standard InChI is InChI=1S/C16H32N2O3/c1-12(2)9-7-5-6-8-10-17-16(21)18-14(15(19)20)11-13(3)4/h12-14H,5-11H2,1-4H3,(H,19,20)(H2,17,18,21)/t14-/m0/s1. The Morgan fingerprint density at radius 1 is 0.952 bits per heavy atom. The summed E-state index contributed by atoms with van der Waals surface area (Å²) in [6, 6.07) is -1.19. The Labute approximate surface area is 128 Å². The summed E-state index contributed by atoms with van der Waals surface area (Å²) in [5.74, 6) is 0.00250. The summed E-state index contributed by atoms with van der Waals surface area (Å²) in [4.78, 5) is 22.7. The Hall–Kier alpha value is -1.26. The number of rotatable bonds is 11. The van der Waals surface area contributed by atoms with Crippen LogP contribution in [0.1, 0.15) is 66.2 Å². The Morgan fingerprint density at radius 3 is 2.10 bits per heavy atom. The summed E-state index contributed by atoms with van der Waals surface area (Å²) in [6.07, 6.45) is 6.15. The van der Waals surface area contributed by atoms with E-state index in [1.165, 1.54) is 19.3 Å². The number of hydrogen-bond donors (Lipinski definition) is 3. The van der Waals surface area contributed by atoms with E-state index in [1.807, 2.05) is 13.8 Å². The Morgan fingerprint density at radius 2 is 1.57 bits per heavy atom. The highest BCUT2D eigenvalue weighted by atomic mass is 16.4. The van der Waals surface area contributed by atoms with Gasteiger partial charge < -0.3 is 15.7 Å². The van der Waals surface area contributed by atoms with Gasteiger partial charge in [-0.15, -0.1) is 0 Å². The lowest BCUT2D eigenvalue weighted by molar-refractivity contribution is -0.139. The zero-order valence-electron chi connectivity index (χ0n) is 13.9. The lowest BCUT2D eigenvalue weighted by Gasteiger charge is -2.16. The summed E-state index contributed by atoms with van der Waals surface area (Å²) in [5, 5.41) is 14.3. The molecule has 0 spiro atoms. The third-order valence-corrected chi connectivity index (χ3v) is 3.30. The topological polar surface area (TPSA) is 78.4 Å². The van der Waals surface area contributed by atoms with Crippen molar-refractivity contribution < 1.29 is 14.7 Å². The molecule has 0 unspecified atom stereocenters. The van der Waals surface area contributed by atoms with Gasteiger partial charge in [-0.05, 0) is 24.7 Å². The van der Waals surface area contributed by atoms with Crippen molar-refractivity contribution >= 4 is 12.0 Å². The first-order valence-corrected chi connectivity index (χ1v) is 8.10. The number of carbonyl (C=O) groups is 2. The van der Waals surface area contributed by atoms with E-state index in [-0.39, 0.29) is 11.9 Å². The Kier molecular flexibility index (Phi) is 10.7. The van der Waals surface area contributed by atoms with Gasteiger partial charge in [0, 0.05) is 6.54 Å². The van der Waals surface area contributed by atoms with Crippen LogP contribution in [0.3, 0.4) is 0 Å². The number of nitrogens with one attached hydrogen (secondary N) is 2. The summed E-state index contributed by atoms with van der Waals surface area (Å²) in [5.41, 5.74) is 0. The lowest BCUT2D eigenvalue weighted by Crippen LogP contribution is -2.46. The van der Waals surface area contributed by atoms with Crippen LogP contribution in [-0.2, 0) is 4.79 Å². The van der Waals surface area contributed by atoms with Crippen molar-refractivity contribution in [3.63, 3.8) is 0 Å². The van der Waals surface area contributed by atoms with Crippen LogP contribution in [0.15, 0.2) is 0 Å². The van der Waals surface area contributed by atoms with E-state index < -0.39 is 12.0 Å². The van der Waals surface area contributed by atoms with Gasteiger partial charge in [0.15, 0.2) is 0 Å². The molecule has 21 heavy (non-hydrogen) atoms. The van der Waals surface area contributed by atoms with Gasteiger partial charge >= 0.3 is 12.0 Å². The van der Waals surface area contributed by atoms with Crippen molar-refractivity contribution in [3.05, 3.63) is 0 Å². The molecule has 0 radical (unpaired) electrons. The summed E-state index contributed by atoms with van der Waals surface area (Å²) < 4.78 is 0. The molecule has 0 fully saturated rings. The maximum Gasteiger partial charge on any atom is 0.326 e. The fraction of sp³-hybridized carbons (Fsp3) is 0.875. The minimum atomic E-state index is -0.979. The predicted molar refractivity (Wildman–Crippen MR) is 85.3 cm³/mol. The molecule has 3 N–H and O–H groups in total. The number of hydrogen-bond acceptors (Lipinski definition) is 2. The van der Waals surface area contributed by atoms with Crippen LogP contribution in [-0.4, -0.2) is 29.7 Å². The van der Waals surface area contributed by atoms with Crippen molar-refractivity contribution in [1.29, 1.82) is 0 Å². The number of carboxylic acid groups (broad SMARTS) is 1. The first-order chi connectivity index (χ1) is 9.82. The average Bonchev–Trinajstić information content (AvgIpc) is 2.35. The molecule has 0 aliphatic carbocycles. The van der Waals surface area contributed by atoms with E-state index in [1.54, 1.807) is 0 Å². The number of carboxylic acids is 1. The lowest BCUT2D eigenvalue weighted by atomic mass is 10.0. The Bertz CT molecular complexity index is 304. The monoisotopic (exact) mass is 300 g/mol. The fourth-order valence-corrected chi connectivity index (χ4v) is 2.14. The van der Waals surface area contributed by atoms with Crippen molar-refractivity contribution in [1.82, 2.24) is 10.6 Å². The minimum Gasteiger partial charge on any atom is -0.480 e. The molecule has 0 aliphatic rings. The molecule has 124 valence electrons. The number of aliphatic carboxylic acids is 1. The van der Waals surface area contributed by atoms with Crippen LogP contribution in [0.2, 0.25) is 0 Å². The second-order valence-corrected chi connectivity index (χ2v) is 6.52. The molecule has 0 aliphatic heterocycles. The van der Waals surface area contributed by atoms with Crippen LogP contribution < -0.4 is 10.6 Å². The van der Waals surface area contributed by atoms with Crippen LogP contribution in [0, 0.1) is 11.8 Å². The van der Waals surface area contributed by atoms with Gasteiger partial charge in [0.1, 0.15) is 6.04 Å². The maximum absolute atomic E-state index is 11.6. The third-order valence-electron chi connectivity index (χ3n) is 3.30. The quantitative estimate of drug-likeness (QED) is 0.512. The largest absolute Gasteiger partial charge is 0.480 e. The zero-order chi connectivity index (χ0) is 16.3. The second-order valence-electron chi connectivity index (χ2n) is 6.52. The molecule has 0 rings (SSSR count). The van der Waals surface area contributed by atoms with Gasteiger partial charge in [0.25, 0.3) is 0 Å². The van der Waals surface area contributed by atoms with E-state index >= 15 is 0 Å². The van der Waals surface area contributed by atoms with Crippen molar-refractivity contribution in [2.45, 2.75) is 72.3 Å². The SMILES string of the molecule is CC(C)CCCCCCNC(=O)N[C@@H](CC(C)C)C(=O)O. The number of unbranched alkanes of at least 4 members (excludes halogenated alkanes) is 3. The molecule has 0 aromatic heterocycles. The molecule has 0 saturated carbocycles. The zero-order valence-corrected chi connectivity index (χ0v) is 13.9. The van der Waals surface area contributed by atoms with Crippen molar-refractivity contribution in [3.8, 4) is 0 Å². The molecule has 2 amide bonds. The van der Waals surface area contributed by atoms with E-state index in [9.17, 15) is 9.59 Å². The van der Waals surface area contributed by atoms with Crippen LogP contribution in [0.25, 0.3) is 0 Å². The molecular weight excluding hydrogens is 268 g/mol. The van der Waals surface area contributed by atoms with Gasteiger partial charge in [-0.25, -0.2) is 9.59 Å². The van der Waals surface area contributed by atoms with Gasteiger partial charge in [0.2, 0.25) is 0 Å². The maximum atomic E-state index is 11.6. The molecule has 0 heterocycles. The summed E-state index contributed by atoms with van der Waals surface area (Å²) in [6.45, 7) is 8.92. The first-order valence-electron chi connectivity index (χ1n) is 8.10. The first kappa shape index (κ1) is 19.7. The van der Waals surface area contributed by atoms with Gasteiger partial charge in [-0.3, -0.25) is 0 Å². The number of urea groups is 1. The highest BCUT2D eigenvalue weighted by molar-refractivity contribution is 5.82. The van der Waals surface area contributed by atoms with Crippen LogP contribution in [0.4, 0.5) is 4.79 Å². The molecular formula is C16H32N2O3.